The normalized spacial score (nSPS) is 10.8. The number of rotatable bonds is 7. The van der Waals surface area contributed by atoms with Crippen LogP contribution in [0.5, 0.6) is 0 Å². The van der Waals surface area contributed by atoms with E-state index in [0.717, 1.165) is 17.3 Å². The highest BCUT2D eigenvalue weighted by Crippen LogP contribution is 2.26. The lowest BCUT2D eigenvalue weighted by Gasteiger charge is -2.04. The Bertz CT molecular complexity index is 943. The molecule has 3 aromatic rings. The van der Waals surface area contributed by atoms with Crippen LogP contribution in [0, 0.1) is 15.9 Å². The van der Waals surface area contributed by atoms with Crippen LogP contribution in [-0.4, -0.2) is 28.1 Å². The van der Waals surface area contributed by atoms with Crippen LogP contribution in [0.15, 0.2) is 52.1 Å². The molecule has 0 saturated carbocycles. The Morgan fingerprint density at radius 1 is 1.27 bits per heavy atom. The van der Waals surface area contributed by atoms with Gasteiger partial charge in [-0.3, -0.25) is 14.9 Å². The maximum absolute atomic E-state index is 12.8. The fourth-order valence-electron chi connectivity index (χ4n) is 2.25. The number of non-ortho nitro benzene ring substituents is 1. The molecule has 134 valence electrons. The predicted molar refractivity (Wildman–Crippen MR) is 94.5 cm³/mol. The van der Waals surface area contributed by atoms with Crippen LogP contribution >= 0.6 is 11.8 Å². The SMILES string of the molecule is O=C(CSc1nc2cc([N+](=O)[O-])ccc2o1)NCCc1ccc(F)cc1. The van der Waals surface area contributed by atoms with E-state index in [2.05, 4.69) is 10.3 Å². The molecule has 0 aliphatic carbocycles. The number of oxazole rings is 1. The van der Waals surface area contributed by atoms with Gasteiger partial charge in [-0.05, 0) is 30.2 Å². The van der Waals surface area contributed by atoms with Crippen molar-refractivity contribution in [3.05, 3.63) is 64.0 Å². The van der Waals surface area contributed by atoms with E-state index in [-0.39, 0.29) is 28.4 Å². The third kappa shape index (κ3) is 4.57. The number of nitrogens with zero attached hydrogens (tertiary/aromatic N) is 2. The molecule has 0 aliphatic rings. The van der Waals surface area contributed by atoms with Crippen LogP contribution in [0.4, 0.5) is 10.1 Å². The Kier molecular flexibility index (Phi) is 5.47. The zero-order chi connectivity index (χ0) is 18.5. The van der Waals surface area contributed by atoms with Crippen LogP contribution in [0.3, 0.4) is 0 Å². The Morgan fingerprint density at radius 2 is 2.04 bits per heavy atom. The van der Waals surface area contributed by atoms with Gasteiger partial charge in [0.25, 0.3) is 10.9 Å². The number of fused-ring (bicyclic) bond motifs is 1. The van der Waals surface area contributed by atoms with Crippen molar-refractivity contribution in [2.45, 2.75) is 11.6 Å². The number of nitrogens with one attached hydrogen (secondary N) is 1. The zero-order valence-electron chi connectivity index (χ0n) is 13.5. The smallest absolute Gasteiger partial charge is 0.271 e. The number of nitro benzene ring substituents is 1. The summed E-state index contributed by atoms with van der Waals surface area (Å²) in [6.07, 6.45) is 0.600. The standard InChI is InChI=1S/C17H14FN3O4S/c18-12-3-1-11(2-4-12)7-8-19-16(22)10-26-17-20-14-9-13(21(23)24)5-6-15(14)25-17/h1-6,9H,7-8,10H2,(H,19,22). The van der Waals surface area contributed by atoms with E-state index in [1.807, 2.05) is 0 Å². The van der Waals surface area contributed by atoms with Crippen molar-refractivity contribution in [1.82, 2.24) is 10.3 Å². The van der Waals surface area contributed by atoms with Crippen LogP contribution in [0.2, 0.25) is 0 Å². The number of carbonyl (C=O) groups is 1. The predicted octanol–water partition coefficient (Wildman–Crippen LogP) is 3.33. The number of hydrogen-bond donors (Lipinski definition) is 1. The van der Waals surface area contributed by atoms with Gasteiger partial charge in [-0.1, -0.05) is 23.9 Å². The average Bonchev–Trinajstić information content (AvgIpc) is 3.03. The maximum atomic E-state index is 12.8. The fraction of sp³-hybridized carbons (Fsp3) is 0.176. The van der Waals surface area contributed by atoms with E-state index in [4.69, 9.17) is 4.42 Å². The first-order chi connectivity index (χ1) is 12.5. The molecule has 0 bridgehead atoms. The lowest BCUT2D eigenvalue weighted by atomic mass is 10.1. The molecule has 2 aromatic carbocycles. The van der Waals surface area contributed by atoms with Gasteiger partial charge < -0.3 is 9.73 Å². The van der Waals surface area contributed by atoms with Crippen molar-refractivity contribution in [1.29, 1.82) is 0 Å². The molecule has 0 fully saturated rings. The fourth-order valence-corrected chi connectivity index (χ4v) is 2.91. The van der Waals surface area contributed by atoms with Gasteiger partial charge in [0.2, 0.25) is 5.91 Å². The second kappa shape index (κ2) is 7.96. The molecule has 1 heterocycles. The van der Waals surface area contributed by atoms with Gasteiger partial charge >= 0.3 is 0 Å². The molecule has 9 heteroatoms. The van der Waals surface area contributed by atoms with E-state index in [1.165, 1.54) is 30.3 Å². The van der Waals surface area contributed by atoms with Gasteiger partial charge in [-0.25, -0.2) is 9.37 Å². The van der Waals surface area contributed by atoms with Crippen LogP contribution in [-0.2, 0) is 11.2 Å². The summed E-state index contributed by atoms with van der Waals surface area (Å²) in [4.78, 5) is 26.3. The second-order valence-corrected chi connectivity index (χ2v) is 6.33. The van der Waals surface area contributed by atoms with Crippen molar-refractivity contribution < 1.29 is 18.5 Å². The quantitative estimate of drug-likeness (QED) is 0.386. The number of nitro groups is 1. The van der Waals surface area contributed by atoms with E-state index >= 15 is 0 Å². The van der Waals surface area contributed by atoms with Crippen LogP contribution in [0.25, 0.3) is 11.1 Å². The van der Waals surface area contributed by atoms with E-state index in [0.29, 0.717) is 24.1 Å². The van der Waals surface area contributed by atoms with E-state index in [1.54, 1.807) is 12.1 Å². The number of thioether (sulfide) groups is 1. The van der Waals surface area contributed by atoms with Gasteiger partial charge in [0, 0.05) is 18.7 Å². The lowest BCUT2D eigenvalue weighted by molar-refractivity contribution is -0.384. The highest BCUT2D eigenvalue weighted by molar-refractivity contribution is 7.99. The first-order valence-corrected chi connectivity index (χ1v) is 8.69. The van der Waals surface area contributed by atoms with E-state index < -0.39 is 4.92 Å². The lowest BCUT2D eigenvalue weighted by Crippen LogP contribution is -2.27. The van der Waals surface area contributed by atoms with Crippen LogP contribution < -0.4 is 5.32 Å². The van der Waals surface area contributed by atoms with E-state index in [9.17, 15) is 19.3 Å². The zero-order valence-corrected chi connectivity index (χ0v) is 14.3. The minimum absolute atomic E-state index is 0.0686. The summed E-state index contributed by atoms with van der Waals surface area (Å²) in [6.45, 7) is 0.435. The molecule has 7 nitrogen and oxygen atoms in total. The van der Waals surface area contributed by atoms with Gasteiger partial charge in [0.1, 0.15) is 11.3 Å². The molecule has 0 atom stereocenters. The number of aromatic nitrogens is 1. The average molecular weight is 375 g/mol. The first-order valence-electron chi connectivity index (χ1n) is 7.70. The number of halogens is 1. The van der Waals surface area contributed by atoms with Crippen molar-refractivity contribution in [2.24, 2.45) is 0 Å². The Labute approximate surface area is 151 Å². The van der Waals surface area contributed by atoms with Gasteiger partial charge in [-0.15, -0.1) is 0 Å². The summed E-state index contributed by atoms with van der Waals surface area (Å²) >= 11 is 1.11. The van der Waals surface area contributed by atoms with Gasteiger partial charge in [-0.2, -0.15) is 0 Å². The summed E-state index contributed by atoms with van der Waals surface area (Å²) < 4.78 is 18.3. The number of carbonyl (C=O) groups excluding carboxylic acids is 1. The van der Waals surface area contributed by atoms with Crippen molar-refractivity contribution in [3.63, 3.8) is 0 Å². The minimum atomic E-state index is -0.504. The monoisotopic (exact) mass is 375 g/mol. The largest absolute Gasteiger partial charge is 0.431 e. The van der Waals surface area contributed by atoms with Crippen molar-refractivity contribution in [2.75, 3.05) is 12.3 Å². The van der Waals surface area contributed by atoms with Crippen molar-refractivity contribution >= 4 is 34.5 Å². The summed E-state index contributed by atoms with van der Waals surface area (Å²) in [5.74, 6) is -0.374. The third-order valence-corrected chi connectivity index (χ3v) is 4.37. The molecule has 1 N–H and O–H groups in total. The summed E-state index contributed by atoms with van der Waals surface area (Å²) in [6, 6.07) is 10.2. The molecular weight excluding hydrogens is 361 g/mol. The highest BCUT2D eigenvalue weighted by atomic mass is 32.2. The summed E-state index contributed by atoms with van der Waals surface area (Å²) in [5.41, 5.74) is 1.66. The third-order valence-electron chi connectivity index (χ3n) is 3.54. The molecule has 0 spiro atoms. The molecule has 1 amide bonds. The second-order valence-electron chi connectivity index (χ2n) is 5.40. The highest BCUT2D eigenvalue weighted by Gasteiger charge is 2.13. The van der Waals surface area contributed by atoms with Gasteiger partial charge in [0.15, 0.2) is 5.58 Å². The number of hydrogen-bond acceptors (Lipinski definition) is 6. The molecule has 0 saturated heterocycles. The van der Waals surface area contributed by atoms with Crippen molar-refractivity contribution in [3.8, 4) is 0 Å². The van der Waals surface area contributed by atoms with Crippen LogP contribution in [0.1, 0.15) is 5.56 Å². The molecule has 0 unspecified atom stereocenters. The molecule has 1 aromatic heterocycles. The maximum Gasteiger partial charge on any atom is 0.271 e. The molecule has 26 heavy (non-hydrogen) atoms. The first kappa shape index (κ1) is 17.9. The summed E-state index contributed by atoms with van der Waals surface area (Å²) in [7, 11) is 0. The topological polar surface area (TPSA) is 98.3 Å². The van der Waals surface area contributed by atoms with Gasteiger partial charge in [0.05, 0.1) is 10.7 Å². The Morgan fingerprint density at radius 3 is 2.77 bits per heavy atom. The Hall–Kier alpha value is -2.94. The molecule has 0 aliphatic heterocycles. The minimum Gasteiger partial charge on any atom is -0.431 e. The number of benzene rings is 2. The molecule has 3 rings (SSSR count). The Balaban J connectivity index is 1.48. The molecular formula is C17H14FN3O4S. The molecule has 0 radical (unpaired) electrons. The summed E-state index contributed by atoms with van der Waals surface area (Å²) in [5, 5.41) is 13.8. The number of amides is 1.